The lowest BCUT2D eigenvalue weighted by Gasteiger charge is -2.30. The number of thioether (sulfide) groups is 1. The van der Waals surface area contributed by atoms with Gasteiger partial charge in [-0.2, -0.15) is 11.8 Å². The van der Waals surface area contributed by atoms with Crippen molar-refractivity contribution >= 4 is 51.7 Å². The van der Waals surface area contributed by atoms with Crippen LogP contribution in [0.3, 0.4) is 0 Å². The molecule has 9 heteroatoms. The second kappa shape index (κ2) is 11.1. The molecule has 0 aromatic carbocycles. The largest absolute Gasteiger partial charge is 0.357 e. The molecule has 0 bridgehead atoms. The molecule has 6 nitrogen and oxygen atoms in total. The third-order valence-corrected chi connectivity index (χ3v) is 5.76. The first-order valence-corrected chi connectivity index (χ1v) is 11.4. The summed E-state index contributed by atoms with van der Waals surface area (Å²) < 4.78 is 25.4. The summed E-state index contributed by atoms with van der Waals surface area (Å²) in [5, 5.41) is 7.47. The standard InChI is InChI=1S/C15H32N4O2S2.HI/c1-6-16-14(17-11-15(2,3)19-23(5,20)21)18-12-8-7-9-13(10-12)22-4;/h12-13,19H,6-11H2,1-5H3,(H2,16,17,18);1H. The first-order chi connectivity index (χ1) is 10.6. The monoisotopic (exact) mass is 492 g/mol. The highest BCUT2D eigenvalue weighted by Gasteiger charge is 2.24. The molecule has 0 saturated heterocycles. The van der Waals surface area contributed by atoms with E-state index in [9.17, 15) is 8.42 Å². The summed E-state index contributed by atoms with van der Waals surface area (Å²) in [4.78, 5) is 4.57. The lowest BCUT2D eigenvalue weighted by atomic mass is 9.95. The van der Waals surface area contributed by atoms with E-state index in [4.69, 9.17) is 0 Å². The number of hydrogen-bond acceptors (Lipinski definition) is 4. The van der Waals surface area contributed by atoms with Gasteiger partial charge in [-0.25, -0.2) is 13.1 Å². The highest BCUT2D eigenvalue weighted by atomic mass is 127. The van der Waals surface area contributed by atoms with E-state index in [2.05, 4.69) is 26.6 Å². The number of guanidine groups is 1. The van der Waals surface area contributed by atoms with Crippen molar-refractivity contribution in [2.45, 2.75) is 63.3 Å². The second-order valence-electron chi connectivity index (χ2n) is 6.82. The van der Waals surface area contributed by atoms with Crippen molar-refractivity contribution in [3.05, 3.63) is 0 Å². The van der Waals surface area contributed by atoms with Gasteiger partial charge in [-0.3, -0.25) is 4.99 Å². The number of sulfonamides is 1. The van der Waals surface area contributed by atoms with Crippen molar-refractivity contribution in [2.24, 2.45) is 4.99 Å². The van der Waals surface area contributed by atoms with E-state index in [0.717, 1.165) is 25.3 Å². The number of rotatable bonds is 7. The molecule has 0 spiro atoms. The van der Waals surface area contributed by atoms with Crippen LogP contribution >= 0.6 is 35.7 Å². The Morgan fingerprint density at radius 2 is 2.00 bits per heavy atom. The average Bonchev–Trinajstić information content (AvgIpc) is 2.43. The third kappa shape index (κ3) is 10.3. The predicted octanol–water partition coefficient (Wildman–Crippen LogP) is 2.16. The van der Waals surface area contributed by atoms with Gasteiger partial charge in [0, 0.05) is 23.4 Å². The summed E-state index contributed by atoms with van der Waals surface area (Å²) in [5.41, 5.74) is -0.607. The zero-order chi connectivity index (χ0) is 17.5. The predicted molar refractivity (Wildman–Crippen MR) is 116 cm³/mol. The maximum absolute atomic E-state index is 11.4. The number of nitrogens with zero attached hydrogens (tertiary/aromatic N) is 1. The van der Waals surface area contributed by atoms with Crippen molar-refractivity contribution in [1.82, 2.24) is 15.4 Å². The van der Waals surface area contributed by atoms with Crippen LogP contribution in [0.25, 0.3) is 0 Å². The van der Waals surface area contributed by atoms with Crippen LogP contribution in [0.4, 0.5) is 0 Å². The quantitative estimate of drug-likeness (QED) is 0.288. The fraction of sp³-hybridized carbons (Fsp3) is 0.933. The van der Waals surface area contributed by atoms with Crippen LogP contribution in [-0.4, -0.2) is 56.8 Å². The molecule has 0 aliphatic heterocycles. The Kier molecular flexibility index (Phi) is 11.2. The topological polar surface area (TPSA) is 82.6 Å². The molecule has 1 fully saturated rings. The first-order valence-electron chi connectivity index (χ1n) is 8.22. The van der Waals surface area contributed by atoms with Gasteiger partial charge in [0.1, 0.15) is 0 Å². The van der Waals surface area contributed by atoms with E-state index in [-0.39, 0.29) is 24.0 Å². The van der Waals surface area contributed by atoms with E-state index >= 15 is 0 Å². The summed E-state index contributed by atoms with van der Waals surface area (Å²) in [7, 11) is -3.24. The van der Waals surface area contributed by atoms with Crippen molar-refractivity contribution in [3.8, 4) is 0 Å². The summed E-state index contributed by atoms with van der Waals surface area (Å²) in [6.45, 7) is 6.87. The molecule has 0 aromatic rings. The molecule has 1 aliphatic carbocycles. The molecule has 0 radical (unpaired) electrons. The van der Waals surface area contributed by atoms with Crippen LogP contribution in [0.15, 0.2) is 4.99 Å². The molecule has 1 aliphatic rings. The fourth-order valence-corrected chi connectivity index (χ4v) is 4.71. The maximum atomic E-state index is 11.4. The second-order valence-corrected chi connectivity index (χ2v) is 9.71. The van der Waals surface area contributed by atoms with Gasteiger partial charge in [-0.1, -0.05) is 6.42 Å². The van der Waals surface area contributed by atoms with E-state index in [1.54, 1.807) is 0 Å². The van der Waals surface area contributed by atoms with Crippen molar-refractivity contribution < 1.29 is 8.42 Å². The van der Waals surface area contributed by atoms with Crippen LogP contribution in [-0.2, 0) is 10.0 Å². The number of nitrogens with one attached hydrogen (secondary N) is 3. The minimum atomic E-state index is -3.24. The van der Waals surface area contributed by atoms with Gasteiger partial charge in [0.2, 0.25) is 10.0 Å². The number of halogens is 1. The lowest BCUT2D eigenvalue weighted by Crippen LogP contribution is -2.48. The zero-order valence-corrected chi connectivity index (χ0v) is 19.3. The van der Waals surface area contributed by atoms with Crippen LogP contribution in [0, 0.1) is 0 Å². The Morgan fingerprint density at radius 3 is 2.54 bits per heavy atom. The summed E-state index contributed by atoms with van der Waals surface area (Å²) in [5.74, 6) is 0.766. The Hall–Kier alpha value is 0.260. The minimum absolute atomic E-state index is 0. The molecule has 0 heterocycles. The molecule has 2 atom stereocenters. The van der Waals surface area contributed by atoms with Crippen LogP contribution in [0.2, 0.25) is 0 Å². The van der Waals surface area contributed by atoms with Crippen molar-refractivity contribution in [3.63, 3.8) is 0 Å². The van der Waals surface area contributed by atoms with Gasteiger partial charge in [-0.05, 0) is 46.3 Å². The van der Waals surface area contributed by atoms with E-state index in [1.165, 1.54) is 19.1 Å². The van der Waals surface area contributed by atoms with E-state index in [1.807, 2.05) is 32.5 Å². The fourth-order valence-electron chi connectivity index (χ4n) is 2.81. The molecule has 144 valence electrons. The third-order valence-electron chi connectivity index (χ3n) is 3.74. The molecule has 2 unspecified atom stereocenters. The molecular weight excluding hydrogens is 459 g/mol. The molecule has 1 rings (SSSR count). The average molecular weight is 492 g/mol. The Morgan fingerprint density at radius 1 is 1.33 bits per heavy atom. The first kappa shape index (κ1) is 24.3. The van der Waals surface area contributed by atoms with Gasteiger partial charge in [-0.15, -0.1) is 24.0 Å². The highest BCUT2D eigenvalue weighted by Crippen LogP contribution is 2.26. The van der Waals surface area contributed by atoms with Crippen molar-refractivity contribution in [2.75, 3.05) is 25.6 Å². The smallest absolute Gasteiger partial charge is 0.209 e. The Labute approximate surface area is 168 Å². The molecular formula is C15H33IN4O2S2. The van der Waals surface area contributed by atoms with Crippen LogP contribution in [0.5, 0.6) is 0 Å². The van der Waals surface area contributed by atoms with Crippen LogP contribution < -0.4 is 15.4 Å². The lowest BCUT2D eigenvalue weighted by molar-refractivity contribution is 0.417. The Bertz CT molecular complexity index is 498. The highest BCUT2D eigenvalue weighted by molar-refractivity contribution is 14.0. The molecule has 24 heavy (non-hydrogen) atoms. The minimum Gasteiger partial charge on any atom is -0.357 e. The summed E-state index contributed by atoms with van der Waals surface area (Å²) in [6.07, 6.45) is 8.18. The normalized spacial score (nSPS) is 22.6. The van der Waals surface area contributed by atoms with Crippen molar-refractivity contribution in [1.29, 1.82) is 0 Å². The summed E-state index contributed by atoms with van der Waals surface area (Å²) in [6, 6.07) is 0.435. The maximum Gasteiger partial charge on any atom is 0.209 e. The van der Waals surface area contributed by atoms with E-state index < -0.39 is 15.6 Å². The van der Waals surface area contributed by atoms with Gasteiger partial charge in [0.25, 0.3) is 0 Å². The number of hydrogen-bond donors (Lipinski definition) is 3. The SMILES string of the molecule is CCNC(=NCC(C)(C)NS(C)(=O)=O)NC1CCCC(SC)C1.I. The molecule has 1 saturated carbocycles. The number of aliphatic imine (C=N–C) groups is 1. The zero-order valence-electron chi connectivity index (χ0n) is 15.4. The van der Waals surface area contributed by atoms with E-state index in [0.29, 0.717) is 17.8 Å². The Balaban J connectivity index is 0.00000529. The van der Waals surface area contributed by atoms with Crippen LogP contribution in [0.1, 0.15) is 46.5 Å². The molecule has 0 amide bonds. The summed E-state index contributed by atoms with van der Waals surface area (Å²) >= 11 is 1.94. The van der Waals surface area contributed by atoms with Gasteiger partial charge >= 0.3 is 0 Å². The van der Waals surface area contributed by atoms with Gasteiger partial charge in [0.15, 0.2) is 5.96 Å². The molecule has 0 aromatic heterocycles. The molecule has 3 N–H and O–H groups in total. The van der Waals surface area contributed by atoms with Gasteiger partial charge in [0.05, 0.1) is 12.8 Å². The van der Waals surface area contributed by atoms with Gasteiger partial charge < -0.3 is 10.6 Å².